The molecule has 1 aliphatic heterocycles. The smallest absolute Gasteiger partial charge is 0.319 e. The number of carbonyl (C=O) groups excluding carboxylic acids is 1. The van der Waals surface area contributed by atoms with Crippen LogP contribution in [0.3, 0.4) is 0 Å². The van der Waals surface area contributed by atoms with Gasteiger partial charge in [-0.05, 0) is 56.4 Å². The summed E-state index contributed by atoms with van der Waals surface area (Å²) in [5.74, 6) is 0.815. The topological polar surface area (TPSA) is 59.6 Å². The zero-order chi connectivity index (χ0) is 15.1. The highest BCUT2D eigenvalue weighted by Crippen LogP contribution is 2.21. The van der Waals surface area contributed by atoms with E-state index >= 15 is 0 Å². The maximum Gasteiger partial charge on any atom is 0.319 e. The van der Waals surface area contributed by atoms with Gasteiger partial charge in [0.1, 0.15) is 5.75 Å². The summed E-state index contributed by atoms with van der Waals surface area (Å²) in [7, 11) is 1.63. The van der Waals surface area contributed by atoms with Gasteiger partial charge < -0.3 is 20.1 Å². The standard InChI is InChI=1S/C16H24N2O3/c1-12-11-13(6-7-15(12)20-2)18-16(19)17-9-8-14-5-3-4-10-21-14/h6-7,11,14H,3-5,8-10H2,1-2H3,(H2,17,18,19). The first kappa shape index (κ1) is 15.6. The molecule has 0 bridgehead atoms. The van der Waals surface area contributed by atoms with Crippen LogP contribution < -0.4 is 15.4 Å². The molecule has 5 heteroatoms. The van der Waals surface area contributed by atoms with Crippen molar-refractivity contribution in [3.8, 4) is 5.75 Å². The van der Waals surface area contributed by atoms with E-state index in [4.69, 9.17) is 9.47 Å². The second-order valence-corrected chi connectivity index (χ2v) is 5.34. The van der Waals surface area contributed by atoms with Crippen LogP contribution in [-0.2, 0) is 4.74 Å². The predicted octanol–water partition coefficient (Wildman–Crippen LogP) is 3.08. The van der Waals surface area contributed by atoms with E-state index in [-0.39, 0.29) is 6.03 Å². The van der Waals surface area contributed by atoms with Crippen molar-refractivity contribution in [2.45, 2.75) is 38.7 Å². The number of ether oxygens (including phenoxy) is 2. The van der Waals surface area contributed by atoms with E-state index in [9.17, 15) is 4.79 Å². The Morgan fingerprint density at radius 3 is 2.95 bits per heavy atom. The number of hydrogen-bond donors (Lipinski definition) is 2. The molecule has 2 amide bonds. The highest BCUT2D eigenvalue weighted by molar-refractivity contribution is 5.89. The van der Waals surface area contributed by atoms with E-state index in [0.29, 0.717) is 12.6 Å². The highest BCUT2D eigenvalue weighted by atomic mass is 16.5. The molecule has 1 fully saturated rings. The van der Waals surface area contributed by atoms with Gasteiger partial charge in [0.25, 0.3) is 0 Å². The number of hydrogen-bond acceptors (Lipinski definition) is 3. The van der Waals surface area contributed by atoms with Gasteiger partial charge in [0, 0.05) is 18.8 Å². The summed E-state index contributed by atoms with van der Waals surface area (Å²) in [4.78, 5) is 11.8. The van der Waals surface area contributed by atoms with Crippen molar-refractivity contribution in [2.75, 3.05) is 25.6 Å². The summed E-state index contributed by atoms with van der Waals surface area (Å²) in [6.45, 7) is 3.43. The quantitative estimate of drug-likeness (QED) is 0.876. The first-order valence-corrected chi connectivity index (χ1v) is 7.50. The number of rotatable bonds is 5. The van der Waals surface area contributed by atoms with Crippen LogP contribution in [0.5, 0.6) is 5.75 Å². The fourth-order valence-corrected chi connectivity index (χ4v) is 2.51. The molecule has 1 heterocycles. The monoisotopic (exact) mass is 292 g/mol. The highest BCUT2D eigenvalue weighted by Gasteiger charge is 2.13. The Balaban J connectivity index is 1.72. The fourth-order valence-electron chi connectivity index (χ4n) is 2.51. The molecule has 116 valence electrons. The molecule has 1 unspecified atom stereocenters. The summed E-state index contributed by atoms with van der Waals surface area (Å²) >= 11 is 0. The average molecular weight is 292 g/mol. The van der Waals surface area contributed by atoms with Gasteiger partial charge in [-0.1, -0.05) is 0 Å². The van der Waals surface area contributed by atoms with Crippen LogP contribution in [0.4, 0.5) is 10.5 Å². The molecule has 0 radical (unpaired) electrons. The number of benzene rings is 1. The average Bonchev–Trinajstić information content (AvgIpc) is 2.48. The molecular formula is C16H24N2O3. The third-order valence-corrected chi connectivity index (χ3v) is 3.68. The number of methoxy groups -OCH3 is 1. The summed E-state index contributed by atoms with van der Waals surface area (Å²) in [5.41, 5.74) is 1.76. The number of carbonyl (C=O) groups is 1. The van der Waals surface area contributed by atoms with Crippen molar-refractivity contribution in [1.29, 1.82) is 0 Å². The minimum absolute atomic E-state index is 0.185. The molecule has 0 saturated carbocycles. The maximum absolute atomic E-state index is 11.8. The third kappa shape index (κ3) is 4.93. The van der Waals surface area contributed by atoms with Crippen LogP contribution in [-0.4, -0.2) is 32.4 Å². The van der Waals surface area contributed by atoms with Gasteiger partial charge in [-0.15, -0.1) is 0 Å². The van der Waals surface area contributed by atoms with Crippen LogP contribution in [0.2, 0.25) is 0 Å². The summed E-state index contributed by atoms with van der Waals surface area (Å²) in [6, 6.07) is 5.38. The molecule has 21 heavy (non-hydrogen) atoms. The minimum atomic E-state index is -0.185. The lowest BCUT2D eigenvalue weighted by Gasteiger charge is -2.22. The zero-order valence-corrected chi connectivity index (χ0v) is 12.8. The molecule has 2 N–H and O–H groups in total. The minimum Gasteiger partial charge on any atom is -0.496 e. The maximum atomic E-state index is 11.8. The van der Waals surface area contributed by atoms with Crippen molar-refractivity contribution >= 4 is 11.7 Å². The van der Waals surface area contributed by atoms with Gasteiger partial charge in [0.05, 0.1) is 13.2 Å². The van der Waals surface area contributed by atoms with Crippen LogP contribution >= 0.6 is 0 Å². The van der Waals surface area contributed by atoms with E-state index in [1.54, 1.807) is 7.11 Å². The Morgan fingerprint density at radius 2 is 2.29 bits per heavy atom. The molecule has 1 saturated heterocycles. The van der Waals surface area contributed by atoms with Crippen LogP contribution in [0, 0.1) is 6.92 Å². The molecule has 1 aliphatic rings. The molecule has 0 aromatic heterocycles. The molecule has 1 aromatic rings. The molecule has 5 nitrogen and oxygen atoms in total. The van der Waals surface area contributed by atoms with E-state index in [1.165, 1.54) is 6.42 Å². The molecular weight excluding hydrogens is 268 g/mol. The summed E-state index contributed by atoms with van der Waals surface area (Å²) in [6.07, 6.45) is 4.64. The third-order valence-electron chi connectivity index (χ3n) is 3.68. The number of amides is 2. The first-order valence-electron chi connectivity index (χ1n) is 7.50. The van der Waals surface area contributed by atoms with Gasteiger partial charge >= 0.3 is 6.03 Å². The lowest BCUT2D eigenvalue weighted by atomic mass is 10.1. The fraction of sp³-hybridized carbons (Fsp3) is 0.562. The number of anilines is 1. The summed E-state index contributed by atoms with van der Waals surface area (Å²) in [5, 5.41) is 5.69. The summed E-state index contributed by atoms with van der Waals surface area (Å²) < 4.78 is 10.8. The number of urea groups is 1. The first-order chi connectivity index (χ1) is 10.2. The molecule has 1 aromatic carbocycles. The second-order valence-electron chi connectivity index (χ2n) is 5.34. The van der Waals surface area contributed by atoms with E-state index in [2.05, 4.69) is 10.6 Å². The van der Waals surface area contributed by atoms with Crippen LogP contribution in [0.15, 0.2) is 18.2 Å². The Bertz CT molecular complexity index is 471. The lowest BCUT2D eigenvalue weighted by molar-refractivity contribution is 0.0120. The van der Waals surface area contributed by atoms with E-state index in [0.717, 1.165) is 42.9 Å². The SMILES string of the molecule is COc1ccc(NC(=O)NCCC2CCCCO2)cc1C. The van der Waals surface area contributed by atoms with Crippen LogP contribution in [0.1, 0.15) is 31.2 Å². The molecule has 2 rings (SSSR count). The zero-order valence-electron chi connectivity index (χ0n) is 12.8. The van der Waals surface area contributed by atoms with E-state index in [1.807, 2.05) is 25.1 Å². The number of aryl methyl sites for hydroxylation is 1. The Morgan fingerprint density at radius 1 is 1.43 bits per heavy atom. The Labute approximate surface area is 126 Å². The Kier molecular flexibility index (Phi) is 5.87. The van der Waals surface area contributed by atoms with Crippen molar-refractivity contribution in [2.24, 2.45) is 0 Å². The van der Waals surface area contributed by atoms with Gasteiger partial charge in [0.2, 0.25) is 0 Å². The van der Waals surface area contributed by atoms with Crippen LogP contribution in [0.25, 0.3) is 0 Å². The van der Waals surface area contributed by atoms with Crippen molar-refractivity contribution in [3.63, 3.8) is 0 Å². The van der Waals surface area contributed by atoms with Gasteiger partial charge in [-0.25, -0.2) is 4.79 Å². The molecule has 1 atom stereocenters. The van der Waals surface area contributed by atoms with Gasteiger partial charge in [0.15, 0.2) is 0 Å². The van der Waals surface area contributed by atoms with E-state index < -0.39 is 0 Å². The molecule has 0 spiro atoms. The van der Waals surface area contributed by atoms with Crippen molar-refractivity contribution in [3.05, 3.63) is 23.8 Å². The number of nitrogens with one attached hydrogen (secondary N) is 2. The molecule has 0 aliphatic carbocycles. The lowest BCUT2D eigenvalue weighted by Crippen LogP contribution is -2.32. The normalized spacial score (nSPS) is 18.1. The van der Waals surface area contributed by atoms with Gasteiger partial charge in [-0.2, -0.15) is 0 Å². The van der Waals surface area contributed by atoms with Gasteiger partial charge in [-0.3, -0.25) is 0 Å². The largest absolute Gasteiger partial charge is 0.496 e. The predicted molar refractivity (Wildman–Crippen MR) is 83.0 cm³/mol. The second kappa shape index (κ2) is 7.88. The van der Waals surface area contributed by atoms with Crippen molar-refractivity contribution < 1.29 is 14.3 Å². The Hall–Kier alpha value is -1.75. The van der Waals surface area contributed by atoms with Crippen molar-refractivity contribution in [1.82, 2.24) is 5.32 Å².